The first kappa shape index (κ1) is 21.7. The number of ether oxygens (including phenoxy) is 1. The number of methoxy groups -OCH3 is 1. The minimum Gasteiger partial charge on any atom is -0.465 e. The van der Waals surface area contributed by atoms with E-state index in [2.05, 4.69) is 20.7 Å². The van der Waals surface area contributed by atoms with Crippen molar-refractivity contribution in [2.45, 2.75) is 52.2 Å². The van der Waals surface area contributed by atoms with Gasteiger partial charge in [-0.2, -0.15) is 5.10 Å². The molecule has 0 radical (unpaired) electrons. The smallest absolute Gasteiger partial charge is 0.341 e. The number of nitrogens with zero attached hydrogens (tertiary/aromatic N) is 5. The van der Waals surface area contributed by atoms with Crippen LogP contribution in [0.25, 0.3) is 0 Å². The van der Waals surface area contributed by atoms with Crippen LogP contribution in [-0.4, -0.2) is 43.8 Å². The van der Waals surface area contributed by atoms with Gasteiger partial charge in [-0.1, -0.05) is 24.3 Å². The third-order valence-electron chi connectivity index (χ3n) is 5.60. The van der Waals surface area contributed by atoms with Gasteiger partial charge in [0.05, 0.1) is 37.3 Å². The molecule has 0 aliphatic carbocycles. The second-order valence-electron chi connectivity index (χ2n) is 7.65. The number of esters is 1. The number of amides is 1. The van der Waals surface area contributed by atoms with Gasteiger partial charge in [-0.25, -0.2) is 13.9 Å². The second-order valence-corrected chi connectivity index (χ2v) is 7.65. The number of hydrogen-bond donors (Lipinski definition) is 1. The van der Waals surface area contributed by atoms with Crippen LogP contribution in [0.2, 0.25) is 0 Å². The van der Waals surface area contributed by atoms with Crippen LogP contribution in [0.15, 0.2) is 24.3 Å². The Bertz CT molecular complexity index is 1140. The Balaban J connectivity index is 1.51. The van der Waals surface area contributed by atoms with Crippen LogP contribution in [0.1, 0.15) is 63.3 Å². The van der Waals surface area contributed by atoms with E-state index in [1.54, 1.807) is 16.8 Å². The predicted octanol–water partition coefficient (Wildman–Crippen LogP) is 2.28. The van der Waals surface area contributed by atoms with E-state index in [0.717, 1.165) is 37.1 Å². The lowest BCUT2D eigenvalue weighted by Gasteiger charge is -2.13. The lowest BCUT2D eigenvalue weighted by Crippen LogP contribution is -2.26. The molecular formula is C22H25FN6O3. The number of benzene rings is 1. The molecule has 1 amide bonds. The highest BCUT2D eigenvalue weighted by atomic mass is 19.1. The molecule has 9 nitrogen and oxygen atoms in total. The standard InChI is InChI=1S/C22H25FN6O3/c1-3-17-20(25-27-29(17)13-14-7-9-15(23)10-8-14)21(30)24-12-16-19(22(31)32-2)18-6-4-5-11-28(18)26-16/h7-10H,3-6,11-13H2,1-2H3,(H,24,30). The van der Waals surface area contributed by atoms with E-state index >= 15 is 0 Å². The van der Waals surface area contributed by atoms with Crippen molar-refractivity contribution >= 4 is 11.9 Å². The van der Waals surface area contributed by atoms with E-state index < -0.39 is 11.9 Å². The highest BCUT2D eigenvalue weighted by Crippen LogP contribution is 2.23. The Kier molecular flexibility index (Phi) is 6.29. The topological polar surface area (TPSA) is 104 Å². The van der Waals surface area contributed by atoms with Gasteiger partial charge in [0.2, 0.25) is 0 Å². The molecule has 3 aromatic rings. The SMILES string of the molecule is CCc1c(C(=O)NCc2nn3c(c2C(=O)OC)CCCC3)nnn1Cc1ccc(F)cc1. The fraction of sp³-hybridized carbons (Fsp3) is 0.409. The minimum absolute atomic E-state index is 0.0806. The quantitative estimate of drug-likeness (QED) is 0.566. The minimum atomic E-state index is -0.447. The number of rotatable bonds is 7. The molecule has 32 heavy (non-hydrogen) atoms. The molecule has 0 saturated carbocycles. The molecule has 0 fully saturated rings. The van der Waals surface area contributed by atoms with Crippen molar-refractivity contribution in [1.29, 1.82) is 0 Å². The van der Waals surface area contributed by atoms with Crippen molar-refractivity contribution in [3.63, 3.8) is 0 Å². The van der Waals surface area contributed by atoms with Crippen LogP contribution in [0.3, 0.4) is 0 Å². The fourth-order valence-electron chi connectivity index (χ4n) is 4.00. The number of hydrogen-bond acceptors (Lipinski definition) is 6. The summed E-state index contributed by atoms with van der Waals surface area (Å²) in [5.74, 6) is -1.15. The summed E-state index contributed by atoms with van der Waals surface area (Å²) in [5.41, 5.74) is 3.51. The number of aromatic nitrogens is 5. The summed E-state index contributed by atoms with van der Waals surface area (Å²) in [6, 6.07) is 6.11. The predicted molar refractivity (Wildman–Crippen MR) is 113 cm³/mol. The van der Waals surface area contributed by atoms with Gasteiger partial charge < -0.3 is 10.1 Å². The molecule has 3 heterocycles. The van der Waals surface area contributed by atoms with Crippen molar-refractivity contribution in [3.8, 4) is 0 Å². The van der Waals surface area contributed by atoms with E-state index in [0.29, 0.717) is 29.9 Å². The van der Waals surface area contributed by atoms with Crippen molar-refractivity contribution in [2.75, 3.05) is 7.11 Å². The van der Waals surface area contributed by atoms with Crippen molar-refractivity contribution in [1.82, 2.24) is 30.1 Å². The molecule has 0 unspecified atom stereocenters. The average molecular weight is 440 g/mol. The van der Waals surface area contributed by atoms with Crippen LogP contribution in [0.5, 0.6) is 0 Å². The Morgan fingerprint density at radius 1 is 1.22 bits per heavy atom. The van der Waals surface area contributed by atoms with Crippen molar-refractivity contribution < 1.29 is 18.7 Å². The summed E-state index contributed by atoms with van der Waals surface area (Å²) in [6.45, 7) is 3.11. The van der Waals surface area contributed by atoms with Gasteiger partial charge in [0, 0.05) is 6.54 Å². The van der Waals surface area contributed by atoms with E-state index in [4.69, 9.17) is 4.74 Å². The summed E-state index contributed by atoms with van der Waals surface area (Å²) in [4.78, 5) is 25.2. The van der Waals surface area contributed by atoms with E-state index in [-0.39, 0.29) is 18.1 Å². The number of halogens is 1. The van der Waals surface area contributed by atoms with Crippen LogP contribution in [-0.2, 0) is 37.2 Å². The first-order valence-electron chi connectivity index (χ1n) is 10.6. The molecule has 1 aliphatic heterocycles. The fourth-order valence-corrected chi connectivity index (χ4v) is 4.00. The van der Waals surface area contributed by atoms with Crippen LogP contribution in [0, 0.1) is 5.82 Å². The molecular weight excluding hydrogens is 415 g/mol. The van der Waals surface area contributed by atoms with Crippen LogP contribution < -0.4 is 5.32 Å². The van der Waals surface area contributed by atoms with Gasteiger partial charge in [0.25, 0.3) is 5.91 Å². The van der Waals surface area contributed by atoms with E-state index in [1.165, 1.54) is 19.2 Å². The molecule has 1 aromatic carbocycles. The van der Waals surface area contributed by atoms with Crippen LogP contribution >= 0.6 is 0 Å². The van der Waals surface area contributed by atoms with Crippen molar-refractivity contribution in [2.24, 2.45) is 0 Å². The van der Waals surface area contributed by atoms with Gasteiger partial charge >= 0.3 is 5.97 Å². The molecule has 168 valence electrons. The number of aryl methyl sites for hydroxylation is 1. The lowest BCUT2D eigenvalue weighted by molar-refractivity contribution is 0.0597. The molecule has 0 atom stereocenters. The summed E-state index contributed by atoms with van der Waals surface area (Å²) in [5, 5.41) is 15.5. The Morgan fingerprint density at radius 2 is 2.00 bits per heavy atom. The Hall–Kier alpha value is -3.56. The highest BCUT2D eigenvalue weighted by Gasteiger charge is 2.27. The molecule has 2 aromatic heterocycles. The van der Waals surface area contributed by atoms with E-state index in [9.17, 15) is 14.0 Å². The highest BCUT2D eigenvalue weighted by molar-refractivity contribution is 5.94. The maximum Gasteiger partial charge on any atom is 0.341 e. The summed E-state index contributed by atoms with van der Waals surface area (Å²) < 4.78 is 21.6. The van der Waals surface area contributed by atoms with Gasteiger partial charge in [-0.05, 0) is 43.4 Å². The van der Waals surface area contributed by atoms with Gasteiger partial charge in [-0.3, -0.25) is 9.48 Å². The summed E-state index contributed by atoms with van der Waals surface area (Å²) in [6.07, 6.45) is 3.28. The average Bonchev–Trinajstić information content (AvgIpc) is 3.39. The third kappa shape index (κ3) is 4.25. The zero-order valence-corrected chi connectivity index (χ0v) is 18.1. The molecule has 0 saturated heterocycles. The maximum absolute atomic E-state index is 13.2. The molecule has 1 aliphatic rings. The Morgan fingerprint density at radius 3 is 2.72 bits per heavy atom. The summed E-state index contributed by atoms with van der Waals surface area (Å²) >= 11 is 0. The molecule has 10 heteroatoms. The maximum atomic E-state index is 13.2. The number of carbonyl (C=O) groups excluding carboxylic acids is 2. The van der Waals surface area contributed by atoms with Gasteiger partial charge in [0.15, 0.2) is 5.69 Å². The Labute approximate surface area is 184 Å². The van der Waals surface area contributed by atoms with Gasteiger partial charge in [0.1, 0.15) is 11.4 Å². The zero-order chi connectivity index (χ0) is 22.7. The normalized spacial score (nSPS) is 13.0. The second kappa shape index (κ2) is 9.29. The molecule has 4 rings (SSSR count). The molecule has 0 spiro atoms. The number of fused-ring (bicyclic) bond motifs is 1. The number of nitrogens with one attached hydrogen (secondary N) is 1. The number of carbonyl (C=O) groups is 2. The largest absolute Gasteiger partial charge is 0.465 e. The van der Waals surface area contributed by atoms with E-state index in [1.807, 2.05) is 11.6 Å². The zero-order valence-electron chi connectivity index (χ0n) is 18.1. The lowest BCUT2D eigenvalue weighted by atomic mass is 10.0. The van der Waals surface area contributed by atoms with Crippen LogP contribution in [0.4, 0.5) is 4.39 Å². The first-order valence-corrected chi connectivity index (χ1v) is 10.6. The first-order chi connectivity index (χ1) is 15.5. The molecule has 0 bridgehead atoms. The van der Waals surface area contributed by atoms with Gasteiger partial charge in [-0.15, -0.1) is 5.10 Å². The third-order valence-corrected chi connectivity index (χ3v) is 5.60. The summed E-state index contributed by atoms with van der Waals surface area (Å²) in [7, 11) is 1.34. The van der Waals surface area contributed by atoms with Crippen molar-refractivity contribution in [3.05, 3.63) is 64.0 Å². The molecule has 1 N–H and O–H groups in total. The monoisotopic (exact) mass is 440 g/mol.